The Balaban J connectivity index is 1.63. The van der Waals surface area contributed by atoms with E-state index in [-0.39, 0.29) is 40.9 Å². The number of hydrogen-bond acceptors (Lipinski definition) is 5. The largest absolute Gasteiger partial charge is 0.507 e. The van der Waals surface area contributed by atoms with Crippen molar-refractivity contribution < 1.29 is 24.9 Å². The number of nitrogens with zero attached hydrogens (tertiary/aromatic N) is 1. The van der Waals surface area contributed by atoms with Crippen molar-refractivity contribution in [3.63, 3.8) is 0 Å². The van der Waals surface area contributed by atoms with Crippen LogP contribution in [-0.4, -0.2) is 44.2 Å². The van der Waals surface area contributed by atoms with E-state index in [1.807, 2.05) is 24.3 Å². The average molecular weight is 431 g/mol. The highest BCUT2D eigenvalue weighted by Gasteiger charge is 2.40. The third-order valence-corrected chi connectivity index (χ3v) is 6.15. The van der Waals surface area contributed by atoms with Gasteiger partial charge in [-0.15, -0.1) is 0 Å². The molecule has 1 fully saturated rings. The second-order valence-electron chi connectivity index (χ2n) is 7.87. The van der Waals surface area contributed by atoms with Crippen molar-refractivity contribution in [2.75, 3.05) is 0 Å². The predicted molar refractivity (Wildman–Crippen MR) is 110 cm³/mol. The number of amides is 2. The number of aliphatic hydroxyl groups is 1. The minimum absolute atomic E-state index is 0.0536. The van der Waals surface area contributed by atoms with Crippen molar-refractivity contribution in [1.82, 2.24) is 10.2 Å². The molecule has 0 bridgehead atoms. The maximum atomic E-state index is 13.3. The number of fused-ring (bicyclic) bond motifs is 1. The third-order valence-electron chi connectivity index (χ3n) is 5.85. The number of aromatic hydroxyl groups is 2. The summed E-state index contributed by atoms with van der Waals surface area (Å²) in [6.45, 7) is 0.217. The lowest BCUT2D eigenvalue weighted by molar-refractivity contribution is -0.126. The van der Waals surface area contributed by atoms with Gasteiger partial charge in [0.15, 0.2) is 0 Å². The second-order valence-corrected chi connectivity index (χ2v) is 8.28. The molecule has 0 saturated heterocycles. The third kappa shape index (κ3) is 3.82. The summed E-state index contributed by atoms with van der Waals surface area (Å²) in [7, 11) is 0. The Morgan fingerprint density at radius 2 is 1.73 bits per heavy atom. The first-order chi connectivity index (χ1) is 14.3. The number of phenols is 2. The van der Waals surface area contributed by atoms with E-state index >= 15 is 0 Å². The molecule has 30 heavy (non-hydrogen) atoms. The van der Waals surface area contributed by atoms with Crippen LogP contribution in [0.4, 0.5) is 0 Å². The van der Waals surface area contributed by atoms with Gasteiger partial charge in [-0.2, -0.15) is 0 Å². The van der Waals surface area contributed by atoms with E-state index in [1.165, 1.54) is 11.0 Å². The Morgan fingerprint density at radius 1 is 1.03 bits per heavy atom. The van der Waals surface area contributed by atoms with Crippen LogP contribution in [0.2, 0.25) is 5.02 Å². The summed E-state index contributed by atoms with van der Waals surface area (Å²) >= 11 is 5.93. The number of phenolic OH excluding ortho intramolecular Hbond substituents is 2. The maximum Gasteiger partial charge on any atom is 0.258 e. The van der Waals surface area contributed by atoms with E-state index in [9.17, 15) is 24.9 Å². The molecule has 7 nitrogen and oxygen atoms in total. The smallest absolute Gasteiger partial charge is 0.258 e. The number of nitrogens with one attached hydrogen (secondary N) is 1. The molecule has 2 amide bonds. The highest BCUT2D eigenvalue weighted by Crippen LogP contribution is 2.38. The van der Waals surface area contributed by atoms with Crippen LogP contribution in [0.1, 0.15) is 53.2 Å². The predicted octanol–water partition coefficient (Wildman–Crippen LogP) is 2.87. The van der Waals surface area contributed by atoms with Gasteiger partial charge in [0, 0.05) is 18.7 Å². The summed E-state index contributed by atoms with van der Waals surface area (Å²) in [4.78, 5) is 27.9. The van der Waals surface area contributed by atoms with Gasteiger partial charge in [-0.1, -0.05) is 35.9 Å². The zero-order valence-electron chi connectivity index (χ0n) is 16.2. The van der Waals surface area contributed by atoms with Gasteiger partial charge in [0.2, 0.25) is 5.91 Å². The van der Waals surface area contributed by atoms with Gasteiger partial charge in [0.1, 0.15) is 17.5 Å². The molecule has 0 aromatic heterocycles. The summed E-state index contributed by atoms with van der Waals surface area (Å²) < 4.78 is 0. The molecule has 1 aliphatic heterocycles. The first-order valence-corrected chi connectivity index (χ1v) is 10.3. The highest BCUT2D eigenvalue weighted by atomic mass is 35.5. The molecule has 1 heterocycles. The molecule has 2 aliphatic rings. The van der Waals surface area contributed by atoms with Crippen LogP contribution < -0.4 is 5.32 Å². The van der Waals surface area contributed by atoms with E-state index < -0.39 is 17.7 Å². The van der Waals surface area contributed by atoms with Crippen molar-refractivity contribution in [3.05, 3.63) is 58.1 Å². The monoisotopic (exact) mass is 430 g/mol. The van der Waals surface area contributed by atoms with Gasteiger partial charge in [0.05, 0.1) is 16.7 Å². The van der Waals surface area contributed by atoms with Crippen LogP contribution >= 0.6 is 11.6 Å². The Labute approximate surface area is 178 Å². The van der Waals surface area contributed by atoms with Crippen LogP contribution in [0.15, 0.2) is 36.4 Å². The fourth-order valence-corrected chi connectivity index (χ4v) is 4.40. The molecule has 1 aliphatic carbocycles. The number of carbonyl (C=O) groups is 2. The number of hydrogen-bond donors (Lipinski definition) is 4. The molecule has 4 N–H and O–H groups in total. The molecule has 1 atom stereocenters. The Hall–Kier alpha value is -2.77. The SMILES string of the molecule is O=C(NC1CCC(O)CC1)C1c2ccccc2CN1C(=O)c1cc(Cl)c(O)cc1O. The average Bonchev–Trinajstić information content (AvgIpc) is 3.11. The van der Waals surface area contributed by atoms with Crippen molar-refractivity contribution in [2.45, 2.75) is 50.4 Å². The van der Waals surface area contributed by atoms with Gasteiger partial charge in [-0.05, 0) is 42.9 Å². The number of halogens is 1. The Morgan fingerprint density at radius 3 is 2.47 bits per heavy atom. The molecule has 2 aromatic rings. The molecule has 4 rings (SSSR count). The lowest BCUT2D eigenvalue weighted by atomic mass is 9.92. The van der Waals surface area contributed by atoms with E-state index in [2.05, 4.69) is 5.32 Å². The van der Waals surface area contributed by atoms with Crippen molar-refractivity contribution in [3.8, 4) is 11.5 Å². The molecular weight excluding hydrogens is 408 g/mol. The molecule has 0 spiro atoms. The van der Waals surface area contributed by atoms with Gasteiger partial charge >= 0.3 is 0 Å². The minimum Gasteiger partial charge on any atom is -0.507 e. The lowest BCUT2D eigenvalue weighted by Gasteiger charge is -2.30. The standard InChI is InChI=1S/C22H23ClN2O5/c23-17-9-16(18(27)10-19(17)28)22(30)25-11-12-3-1-2-4-15(12)20(25)21(29)24-13-5-7-14(26)8-6-13/h1-4,9-10,13-14,20,26-28H,5-8,11H2,(H,24,29). The summed E-state index contributed by atoms with van der Waals surface area (Å²) in [6, 6.07) is 8.67. The van der Waals surface area contributed by atoms with E-state index in [0.717, 1.165) is 17.2 Å². The second kappa shape index (κ2) is 8.16. The number of aliphatic hydroxyl groups excluding tert-OH is 1. The first kappa shape index (κ1) is 20.5. The van der Waals surface area contributed by atoms with Gasteiger partial charge in [-0.25, -0.2) is 0 Å². The van der Waals surface area contributed by atoms with E-state index in [4.69, 9.17) is 11.6 Å². The molecule has 0 radical (unpaired) electrons. The summed E-state index contributed by atoms with van der Waals surface area (Å²) in [5.41, 5.74) is 1.52. The maximum absolute atomic E-state index is 13.3. The number of carbonyl (C=O) groups excluding carboxylic acids is 2. The summed E-state index contributed by atoms with van der Waals surface area (Å²) in [5, 5.41) is 32.5. The van der Waals surface area contributed by atoms with Crippen LogP contribution in [0.3, 0.4) is 0 Å². The van der Waals surface area contributed by atoms with Crippen LogP contribution in [0.25, 0.3) is 0 Å². The number of rotatable bonds is 3. The molecular formula is C22H23ClN2O5. The normalized spacial score (nSPS) is 23.1. The Bertz CT molecular complexity index is 987. The van der Waals surface area contributed by atoms with Crippen molar-refractivity contribution >= 4 is 23.4 Å². The molecule has 2 aromatic carbocycles. The fourth-order valence-electron chi connectivity index (χ4n) is 4.24. The molecule has 8 heteroatoms. The highest BCUT2D eigenvalue weighted by molar-refractivity contribution is 6.32. The van der Waals surface area contributed by atoms with Crippen LogP contribution in [-0.2, 0) is 11.3 Å². The van der Waals surface area contributed by atoms with E-state index in [1.54, 1.807) is 0 Å². The van der Waals surface area contributed by atoms with Crippen LogP contribution in [0, 0.1) is 0 Å². The van der Waals surface area contributed by atoms with Gasteiger partial charge < -0.3 is 25.5 Å². The fraction of sp³-hybridized carbons (Fsp3) is 0.364. The summed E-state index contributed by atoms with van der Waals surface area (Å²) in [6.07, 6.45) is 2.31. The topological polar surface area (TPSA) is 110 Å². The van der Waals surface area contributed by atoms with E-state index in [0.29, 0.717) is 25.7 Å². The lowest BCUT2D eigenvalue weighted by Crippen LogP contribution is -2.45. The molecule has 1 saturated carbocycles. The van der Waals surface area contributed by atoms with Gasteiger partial charge in [0.25, 0.3) is 5.91 Å². The first-order valence-electron chi connectivity index (χ1n) is 9.94. The minimum atomic E-state index is -0.840. The van der Waals surface area contributed by atoms with Gasteiger partial charge in [-0.3, -0.25) is 9.59 Å². The van der Waals surface area contributed by atoms with Crippen LogP contribution in [0.5, 0.6) is 11.5 Å². The number of benzene rings is 2. The quantitative estimate of drug-likeness (QED) is 0.598. The molecule has 158 valence electrons. The van der Waals surface area contributed by atoms with Crippen molar-refractivity contribution in [2.24, 2.45) is 0 Å². The Kier molecular flexibility index (Phi) is 5.58. The zero-order valence-corrected chi connectivity index (χ0v) is 17.0. The zero-order chi connectivity index (χ0) is 21.4. The van der Waals surface area contributed by atoms with Crippen molar-refractivity contribution in [1.29, 1.82) is 0 Å². The molecule has 1 unspecified atom stereocenters. The summed E-state index contributed by atoms with van der Waals surface area (Å²) in [5.74, 6) is -1.58.